The molecule has 0 unspecified atom stereocenters. The Morgan fingerprint density at radius 3 is 2.41 bits per heavy atom. The van der Waals surface area contributed by atoms with Crippen molar-refractivity contribution in [3.05, 3.63) is 48.5 Å². The van der Waals surface area contributed by atoms with Gasteiger partial charge in [0.05, 0.1) is 11.7 Å². The molecule has 3 rings (SSSR count). The van der Waals surface area contributed by atoms with Gasteiger partial charge in [-0.25, -0.2) is 4.39 Å². The first kappa shape index (κ1) is 18.7. The van der Waals surface area contributed by atoms with Crippen molar-refractivity contribution in [2.24, 2.45) is 0 Å². The SMILES string of the molecule is CNC1(COc2cncc(-c3ccc(F)cc3)c2)CC1.Cl.Cl. The normalized spacial score (nSPS) is 14.5. The van der Waals surface area contributed by atoms with Crippen molar-refractivity contribution in [3.63, 3.8) is 0 Å². The van der Waals surface area contributed by atoms with E-state index in [0.717, 1.165) is 29.7 Å². The van der Waals surface area contributed by atoms with Crippen LogP contribution in [0.4, 0.5) is 4.39 Å². The summed E-state index contributed by atoms with van der Waals surface area (Å²) in [5.41, 5.74) is 2.00. The van der Waals surface area contributed by atoms with Crippen LogP contribution in [0.2, 0.25) is 0 Å². The van der Waals surface area contributed by atoms with E-state index in [1.54, 1.807) is 24.5 Å². The maximum absolute atomic E-state index is 12.9. The second-order valence-electron chi connectivity index (χ2n) is 5.24. The van der Waals surface area contributed by atoms with E-state index < -0.39 is 0 Å². The number of nitrogens with one attached hydrogen (secondary N) is 1. The minimum Gasteiger partial charge on any atom is -0.490 e. The highest BCUT2D eigenvalue weighted by Gasteiger charge is 2.41. The van der Waals surface area contributed by atoms with Gasteiger partial charge >= 0.3 is 0 Å². The number of nitrogens with zero attached hydrogens (tertiary/aromatic N) is 1. The highest BCUT2D eigenvalue weighted by molar-refractivity contribution is 5.85. The van der Waals surface area contributed by atoms with Crippen LogP contribution in [0.5, 0.6) is 5.75 Å². The summed E-state index contributed by atoms with van der Waals surface area (Å²) in [6.45, 7) is 0.651. The zero-order chi connectivity index (χ0) is 14.0. The summed E-state index contributed by atoms with van der Waals surface area (Å²) in [7, 11) is 1.96. The molecule has 1 heterocycles. The first-order valence-corrected chi connectivity index (χ1v) is 6.73. The predicted molar refractivity (Wildman–Crippen MR) is 90.6 cm³/mol. The van der Waals surface area contributed by atoms with Gasteiger partial charge in [-0.15, -0.1) is 24.8 Å². The second kappa shape index (κ2) is 7.77. The van der Waals surface area contributed by atoms with Crippen LogP contribution >= 0.6 is 24.8 Å². The van der Waals surface area contributed by atoms with Crippen molar-refractivity contribution in [1.29, 1.82) is 0 Å². The molecule has 0 saturated heterocycles. The summed E-state index contributed by atoms with van der Waals surface area (Å²) < 4.78 is 18.7. The molecule has 1 aliphatic carbocycles. The lowest BCUT2D eigenvalue weighted by molar-refractivity contribution is 0.259. The van der Waals surface area contributed by atoms with Crippen LogP contribution < -0.4 is 10.1 Å². The average molecular weight is 345 g/mol. The number of likely N-dealkylation sites (N-methyl/N-ethyl adjacent to an activating group) is 1. The van der Waals surface area contributed by atoms with Gasteiger partial charge in [-0.1, -0.05) is 12.1 Å². The Morgan fingerprint density at radius 2 is 1.82 bits per heavy atom. The molecule has 1 fully saturated rings. The molecule has 0 spiro atoms. The van der Waals surface area contributed by atoms with Crippen LogP contribution in [0.25, 0.3) is 11.1 Å². The van der Waals surface area contributed by atoms with Gasteiger partial charge in [0.2, 0.25) is 0 Å². The van der Waals surface area contributed by atoms with E-state index in [9.17, 15) is 4.39 Å². The molecule has 0 amide bonds. The molecule has 0 bridgehead atoms. The maximum atomic E-state index is 12.9. The molecule has 6 heteroatoms. The fraction of sp³-hybridized carbons (Fsp3) is 0.312. The Hall–Kier alpha value is -1.36. The molecule has 3 nitrogen and oxygen atoms in total. The quantitative estimate of drug-likeness (QED) is 0.894. The molecule has 1 aromatic carbocycles. The second-order valence-corrected chi connectivity index (χ2v) is 5.24. The smallest absolute Gasteiger partial charge is 0.138 e. The number of halogens is 3. The number of hydrogen-bond acceptors (Lipinski definition) is 3. The van der Waals surface area contributed by atoms with Crippen molar-refractivity contribution >= 4 is 24.8 Å². The molecule has 0 radical (unpaired) electrons. The first-order chi connectivity index (χ1) is 9.71. The third-order valence-electron chi connectivity index (χ3n) is 3.79. The highest BCUT2D eigenvalue weighted by Crippen LogP contribution is 2.35. The molecule has 0 atom stereocenters. The zero-order valence-corrected chi connectivity index (χ0v) is 13.8. The molecule has 0 aliphatic heterocycles. The van der Waals surface area contributed by atoms with Gasteiger partial charge < -0.3 is 10.1 Å². The molecular weight excluding hydrogens is 326 g/mol. The number of pyridine rings is 1. The largest absolute Gasteiger partial charge is 0.490 e. The number of benzene rings is 1. The summed E-state index contributed by atoms with van der Waals surface area (Å²) in [5, 5.41) is 3.29. The van der Waals surface area contributed by atoms with Crippen molar-refractivity contribution in [2.75, 3.05) is 13.7 Å². The van der Waals surface area contributed by atoms with E-state index in [0.29, 0.717) is 6.61 Å². The third kappa shape index (κ3) is 4.32. The van der Waals surface area contributed by atoms with Gasteiger partial charge in [-0.05, 0) is 43.7 Å². The molecule has 1 saturated carbocycles. The van der Waals surface area contributed by atoms with Gasteiger partial charge in [-0.2, -0.15) is 0 Å². The van der Waals surface area contributed by atoms with Crippen molar-refractivity contribution in [2.45, 2.75) is 18.4 Å². The summed E-state index contributed by atoms with van der Waals surface area (Å²) in [6.07, 6.45) is 5.76. The van der Waals surface area contributed by atoms with Crippen LogP contribution in [0.15, 0.2) is 42.7 Å². The number of aromatic nitrogens is 1. The average Bonchev–Trinajstić information content (AvgIpc) is 3.27. The Kier molecular flexibility index (Phi) is 6.60. The van der Waals surface area contributed by atoms with Gasteiger partial charge in [-0.3, -0.25) is 4.98 Å². The number of rotatable bonds is 5. The molecule has 1 aromatic heterocycles. The Labute approximate surface area is 142 Å². The van der Waals surface area contributed by atoms with Crippen LogP contribution in [0.1, 0.15) is 12.8 Å². The van der Waals surface area contributed by atoms with Gasteiger partial charge in [0.25, 0.3) is 0 Å². The molecule has 120 valence electrons. The highest BCUT2D eigenvalue weighted by atomic mass is 35.5. The first-order valence-electron chi connectivity index (χ1n) is 6.73. The molecular formula is C16H19Cl2FN2O. The Morgan fingerprint density at radius 1 is 1.14 bits per heavy atom. The molecule has 1 N–H and O–H groups in total. The van der Waals surface area contributed by atoms with Crippen molar-refractivity contribution < 1.29 is 9.13 Å². The minimum absolute atomic E-state index is 0. The molecule has 22 heavy (non-hydrogen) atoms. The number of ether oxygens (including phenoxy) is 1. The summed E-state index contributed by atoms with van der Waals surface area (Å²) >= 11 is 0. The van der Waals surface area contributed by atoms with E-state index in [2.05, 4.69) is 10.3 Å². The minimum atomic E-state index is -0.237. The van der Waals surface area contributed by atoms with Crippen LogP contribution in [-0.2, 0) is 0 Å². The summed E-state index contributed by atoms with van der Waals surface area (Å²) in [6, 6.07) is 8.32. The van der Waals surface area contributed by atoms with E-state index in [1.807, 2.05) is 13.1 Å². The molecule has 1 aliphatic rings. The fourth-order valence-electron chi connectivity index (χ4n) is 2.14. The van der Waals surface area contributed by atoms with Gasteiger partial charge in [0.15, 0.2) is 0 Å². The lowest BCUT2D eigenvalue weighted by Gasteiger charge is -2.15. The summed E-state index contributed by atoms with van der Waals surface area (Å²) in [5.74, 6) is 0.507. The van der Waals surface area contributed by atoms with Crippen LogP contribution in [0, 0.1) is 5.82 Å². The van der Waals surface area contributed by atoms with Gasteiger partial charge in [0, 0.05) is 11.8 Å². The van der Waals surface area contributed by atoms with E-state index in [1.165, 1.54) is 12.1 Å². The fourth-order valence-corrected chi connectivity index (χ4v) is 2.14. The molecule has 2 aromatic rings. The topological polar surface area (TPSA) is 34.1 Å². The standard InChI is InChI=1S/C16H17FN2O.2ClH/c1-18-16(6-7-16)11-20-15-8-13(9-19-10-15)12-2-4-14(17)5-3-12;;/h2-5,8-10,18H,6-7,11H2,1H3;2*1H. The lowest BCUT2D eigenvalue weighted by atomic mass is 10.1. The van der Waals surface area contributed by atoms with Crippen molar-refractivity contribution in [3.8, 4) is 16.9 Å². The third-order valence-corrected chi connectivity index (χ3v) is 3.79. The lowest BCUT2D eigenvalue weighted by Crippen LogP contribution is -2.33. The van der Waals surface area contributed by atoms with E-state index in [4.69, 9.17) is 4.74 Å². The Balaban J connectivity index is 0.00000121. The summed E-state index contributed by atoms with van der Waals surface area (Å²) in [4.78, 5) is 4.19. The van der Waals surface area contributed by atoms with Crippen LogP contribution in [-0.4, -0.2) is 24.2 Å². The Bertz CT molecular complexity index is 603. The predicted octanol–water partition coefficient (Wildman–Crippen LogP) is 3.86. The van der Waals surface area contributed by atoms with Crippen LogP contribution in [0.3, 0.4) is 0 Å². The number of hydrogen-bond donors (Lipinski definition) is 1. The van der Waals surface area contributed by atoms with Crippen molar-refractivity contribution in [1.82, 2.24) is 10.3 Å². The van der Waals surface area contributed by atoms with E-state index in [-0.39, 0.29) is 36.2 Å². The zero-order valence-electron chi connectivity index (χ0n) is 12.2. The maximum Gasteiger partial charge on any atom is 0.138 e. The van der Waals surface area contributed by atoms with E-state index >= 15 is 0 Å². The van der Waals surface area contributed by atoms with Gasteiger partial charge in [0.1, 0.15) is 18.2 Å². The monoisotopic (exact) mass is 344 g/mol.